The fraction of sp³-hybridized carbons (Fsp3) is 0.586. The Kier molecular flexibility index (Phi) is 6.09. The molecule has 6 rings (SSSR count). The Balaban J connectivity index is 1.15. The van der Waals surface area contributed by atoms with Gasteiger partial charge in [-0.15, -0.1) is 0 Å². The van der Waals surface area contributed by atoms with Gasteiger partial charge in [-0.05, 0) is 61.6 Å². The standard InChI is InChI=1S/C29H33F4N3O/c30-28(21-5-2-1-3-6-21)10-13-35(14-11-28)24-16-22-7-4-9-27(22,17-24)26(37)36-12-8-25-20(19-36)15-23(18-34-25)29(31,32)33/h1-3,5-6,15,18,22,24H,4,7-14,16-17,19H2/t22-,24-,27-/m1/s1. The zero-order valence-corrected chi connectivity index (χ0v) is 20.9. The molecule has 4 nitrogen and oxygen atoms in total. The number of fused-ring (bicyclic) bond motifs is 2. The summed E-state index contributed by atoms with van der Waals surface area (Å²) >= 11 is 0. The second-order valence-electron chi connectivity index (χ2n) is 11.5. The van der Waals surface area contributed by atoms with Gasteiger partial charge >= 0.3 is 6.18 Å². The van der Waals surface area contributed by atoms with Crippen LogP contribution in [-0.4, -0.2) is 46.4 Å². The van der Waals surface area contributed by atoms with Crippen molar-refractivity contribution >= 4 is 5.91 Å². The van der Waals surface area contributed by atoms with Gasteiger partial charge in [-0.25, -0.2) is 4.39 Å². The highest BCUT2D eigenvalue weighted by Crippen LogP contribution is 2.57. The number of amides is 1. The first-order chi connectivity index (χ1) is 17.7. The van der Waals surface area contributed by atoms with Crippen LogP contribution in [0.3, 0.4) is 0 Å². The highest BCUT2D eigenvalue weighted by molar-refractivity contribution is 5.84. The Morgan fingerprint density at radius 2 is 1.81 bits per heavy atom. The summed E-state index contributed by atoms with van der Waals surface area (Å²) in [5.41, 5.74) is -0.596. The van der Waals surface area contributed by atoms with Crippen LogP contribution in [-0.2, 0) is 29.6 Å². The second kappa shape index (κ2) is 9.07. The summed E-state index contributed by atoms with van der Waals surface area (Å²) in [5.74, 6) is 0.388. The van der Waals surface area contributed by atoms with Crippen LogP contribution in [0.4, 0.5) is 17.6 Å². The van der Waals surface area contributed by atoms with Crippen LogP contribution in [0.15, 0.2) is 42.6 Å². The summed E-state index contributed by atoms with van der Waals surface area (Å²) in [6, 6.07) is 10.8. The van der Waals surface area contributed by atoms with Crippen molar-refractivity contribution in [1.29, 1.82) is 0 Å². The Morgan fingerprint density at radius 1 is 1.05 bits per heavy atom. The van der Waals surface area contributed by atoms with Crippen LogP contribution in [0.2, 0.25) is 0 Å². The Morgan fingerprint density at radius 3 is 2.54 bits per heavy atom. The second-order valence-corrected chi connectivity index (χ2v) is 11.5. The van der Waals surface area contributed by atoms with Crippen LogP contribution in [0.25, 0.3) is 0 Å². The number of hydrogen-bond acceptors (Lipinski definition) is 3. The van der Waals surface area contributed by atoms with Crippen LogP contribution in [0.1, 0.15) is 67.3 Å². The van der Waals surface area contributed by atoms with Crippen molar-refractivity contribution in [2.24, 2.45) is 11.3 Å². The molecule has 0 spiro atoms. The predicted molar refractivity (Wildman–Crippen MR) is 131 cm³/mol. The predicted octanol–water partition coefficient (Wildman–Crippen LogP) is 5.89. The van der Waals surface area contributed by atoms with E-state index in [-0.39, 0.29) is 24.4 Å². The van der Waals surface area contributed by atoms with E-state index in [4.69, 9.17) is 0 Å². The third-order valence-electron chi connectivity index (χ3n) is 9.59. The number of hydrogen-bond donors (Lipinski definition) is 0. The molecule has 1 saturated heterocycles. The van der Waals surface area contributed by atoms with Gasteiger partial charge in [0, 0.05) is 50.5 Å². The largest absolute Gasteiger partial charge is 0.417 e. The molecule has 1 aromatic heterocycles. The number of pyridine rings is 1. The summed E-state index contributed by atoms with van der Waals surface area (Å²) in [4.78, 5) is 22.2. The van der Waals surface area contributed by atoms with E-state index in [9.17, 15) is 18.0 Å². The smallest absolute Gasteiger partial charge is 0.337 e. The first-order valence-corrected chi connectivity index (χ1v) is 13.5. The molecule has 2 aliphatic carbocycles. The van der Waals surface area contributed by atoms with Crippen molar-refractivity contribution < 1.29 is 22.4 Å². The van der Waals surface area contributed by atoms with Crippen molar-refractivity contribution in [3.05, 3.63) is 65.0 Å². The molecule has 2 saturated carbocycles. The summed E-state index contributed by atoms with van der Waals surface area (Å²) < 4.78 is 55.5. The number of piperidine rings is 1. The average molecular weight is 516 g/mol. The van der Waals surface area contributed by atoms with Crippen LogP contribution in [0, 0.1) is 11.3 Å². The summed E-state index contributed by atoms with van der Waals surface area (Å²) in [6.45, 7) is 2.04. The van der Waals surface area contributed by atoms with E-state index in [1.165, 1.54) is 0 Å². The normalized spacial score (nSPS) is 29.7. The molecule has 0 bridgehead atoms. The Bertz CT molecular complexity index is 1160. The fourth-order valence-corrected chi connectivity index (χ4v) is 7.57. The Hall–Kier alpha value is -2.48. The maximum absolute atomic E-state index is 15.7. The third-order valence-corrected chi connectivity index (χ3v) is 9.59. The molecule has 3 heterocycles. The van der Waals surface area contributed by atoms with Crippen LogP contribution >= 0.6 is 0 Å². The molecule has 1 amide bonds. The molecule has 4 aliphatic rings. The molecule has 0 radical (unpaired) electrons. The molecule has 2 aromatic rings. The van der Waals surface area contributed by atoms with E-state index in [1.807, 2.05) is 30.3 Å². The van der Waals surface area contributed by atoms with Crippen LogP contribution in [0.5, 0.6) is 0 Å². The summed E-state index contributed by atoms with van der Waals surface area (Å²) in [7, 11) is 0. The van der Waals surface area contributed by atoms with Gasteiger partial charge in [0.25, 0.3) is 0 Å². The third kappa shape index (κ3) is 4.35. The van der Waals surface area contributed by atoms with E-state index in [1.54, 1.807) is 4.90 Å². The van der Waals surface area contributed by atoms with E-state index in [0.717, 1.165) is 49.9 Å². The average Bonchev–Trinajstić information content (AvgIpc) is 3.47. The van der Waals surface area contributed by atoms with Crippen molar-refractivity contribution in [2.45, 2.75) is 75.8 Å². The molecule has 0 N–H and O–H groups in total. The first kappa shape index (κ1) is 24.8. The number of carbonyl (C=O) groups excluding carboxylic acids is 1. The quantitative estimate of drug-likeness (QED) is 0.478. The number of rotatable bonds is 3. The molecule has 198 valence electrons. The van der Waals surface area contributed by atoms with E-state index in [0.29, 0.717) is 50.2 Å². The van der Waals surface area contributed by atoms with Gasteiger partial charge in [-0.3, -0.25) is 9.78 Å². The molecular weight excluding hydrogens is 482 g/mol. The molecule has 37 heavy (non-hydrogen) atoms. The SMILES string of the molecule is O=C(N1CCc2ncc(C(F)(F)F)cc2C1)[C@@]12CCC[C@@H]1C[C@@H](N1CCC(F)(c3ccccc3)CC1)C2. The number of benzene rings is 1. The maximum Gasteiger partial charge on any atom is 0.417 e. The van der Waals surface area contributed by atoms with Gasteiger partial charge in [-0.2, -0.15) is 13.2 Å². The molecule has 0 unspecified atom stereocenters. The molecule has 3 atom stereocenters. The number of alkyl halides is 4. The fourth-order valence-electron chi connectivity index (χ4n) is 7.57. The van der Waals surface area contributed by atoms with Gasteiger partial charge in [-0.1, -0.05) is 36.8 Å². The summed E-state index contributed by atoms with van der Waals surface area (Å²) in [6.07, 6.45) is 2.40. The Labute approximate surface area is 215 Å². The molecule has 8 heteroatoms. The van der Waals surface area contributed by atoms with Gasteiger partial charge in [0.2, 0.25) is 5.91 Å². The maximum atomic E-state index is 15.7. The lowest BCUT2D eigenvalue weighted by atomic mass is 9.78. The van der Waals surface area contributed by atoms with Gasteiger partial charge < -0.3 is 9.80 Å². The van der Waals surface area contributed by atoms with E-state index in [2.05, 4.69) is 9.88 Å². The lowest BCUT2D eigenvalue weighted by molar-refractivity contribution is -0.144. The number of halogens is 4. The topological polar surface area (TPSA) is 36.4 Å². The molecule has 1 aromatic carbocycles. The van der Waals surface area contributed by atoms with Crippen molar-refractivity contribution in [1.82, 2.24) is 14.8 Å². The van der Waals surface area contributed by atoms with Gasteiger partial charge in [0.15, 0.2) is 0 Å². The molecule has 3 fully saturated rings. The number of nitrogens with zero attached hydrogens (tertiary/aromatic N) is 3. The summed E-state index contributed by atoms with van der Waals surface area (Å²) in [5, 5.41) is 0. The zero-order valence-electron chi connectivity index (χ0n) is 20.9. The number of aromatic nitrogens is 1. The minimum Gasteiger partial charge on any atom is -0.337 e. The van der Waals surface area contributed by atoms with Gasteiger partial charge in [0.1, 0.15) is 5.67 Å². The van der Waals surface area contributed by atoms with Crippen molar-refractivity contribution in [3.63, 3.8) is 0 Å². The van der Waals surface area contributed by atoms with E-state index < -0.39 is 22.8 Å². The molecule has 2 aliphatic heterocycles. The van der Waals surface area contributed by atoms with E-state index >= 15 is 4.39 Å². The van der Waals surface area contributed by atoms with Crippen molar-refractivity contribution in [3.8, 4) is 0 Å². The highest BCUT2D eigenvalue weighted by Gasteiger charge is 2.57. The zero-order chi connectivity index (χ0) is 25.8. The van der Waals surface area contributed by atoms with Crippen LogP contribution < -0.4 is 0 Å². The molecular formula is C29H33F4N3O. The minimum absolute atomic E-state index is 0.0988. The minimum atomic E-state index is -4.45. The number of likely N-dealkylation sites (tertiary alicyclic amines) is 1. The monoisotopic (exact) mass is 515 g/mol. The first-order valence-electron chi connectivity index (χ1n) is 13.5. The van der Waals surface area contributed by atoms with Crippen molar-refractivity contribution in [2.75, 3.05) is 19.6 Å². The number of carbonyl (C=O) groups is 1. The highest BCUT2D eigenvalue weighted by atomic mass is 19.4. The van der Waals surface area contributed by atoms with Gasteiger partial charge in [0.05, 0.1) is 11.0 Å². The lowest BCUT2D eigenvalue weighted by Gasteiger charge is -2.41. The lowest BCUT2D eigenvalue weighted by Crippen LogP contribution is -2.48.